The number of rotatable bonds is 2. The molecule has 1 saturated heterocycles. The van der Waals surface area contributed by atoms with Crippen molar-refractivity contribution >= 4 is 33.4 Å². The van der Waals surface area contributed by atoms with Crippen molar-refractivity contribution in [2.75, 3.05) is 13.1 Å². The Morgan fingerprint density at radius 1 is 1.58 bits per heavy atom. The quantitative estimate of drug-likeness (QED) is 0.894. The summed E-state index contributed by atoms with van der Waals surface area (Å²) in [7, 11) is 0. The predicted octanol–water partition coefficient (Wildman–Crippen LogP) is 3.30. The van der Waals surface area contributed by atoms with Crippen LogP contribution in [0.2, 0.25) is 5.02 Å². The van der Waals surface area contributed by atoms with Gasteiger partial charge in [0.05, 0.1) is 10.6 Å². The SMILES string of the molecule is CC1CCCN(C(=O)c2ccc(Br)cc2Cl)C1CN. The van der Waals surface area contributed by atoms with E-state index in [-0.39, 0.29) is 11.9 Å². The molecule has 0 radical (unpaired) electrons. The number of amides is 1. The summed E-state index contributed by atoms with van der Waals surface area (Å²) >= 11 is 9.51. The van der Waals surface area contributed by atoms with Gasteiger partial charge in [-0.2, -0.15) is 0 Å². The Morgan fingerprint density at radius 3 is 2.95 bits per heavy atom. The van der Waals surface area contributed by atoms with Crippen LogP contribution in [0.1, 0.15) is 30.1 Å². The van der Waals surface area contributed by atoms with E-state index in [0.717, 1.165) is 23.9 Å². The summed E-state index contributed by atoms with van der Waals surface area (Å²) in [6.07, 6.45) is 2.15. The molecule has 1 fully saturated rings. The zero-order valence-corrected chi connectivity index (χ0v) is 13.2. The van der Waals surface area contributed by atoms with Crippen molar-refractivity contribution in [3.05, 3.63) is 33.3 Å². The van der Waals surface area contributed by atoms with Gasteiger partial charge >= 0.3 is 0 Å². The summed E-state index contributed by atoms with van der Waals surface area (Å²) in [6.45, 7) is 3.42. The van der Waals surface area contributed by atoms with Crippen LogP contribution in [0.4, 0.5) is 0 Å². The van der Waals surface area contributed by atoms with E-state index in [0.29, 0.717) is 23.0 Å². The van der Waals surface area contributed by atoms with Gasteiger partial charge in [-0.05, 0) is 37.0 Å². The van der Waals surface area contributed by atoms with E-state index in [1.54, 1.807) is 12.1 Å². The Balaban J connectivity index is 2.27. The molecule has 1 aliphatic rings. The molecule has 0 aliphatic carbocycles. The maximum Gasteiger partial charge on any atom is 0.255 e. The molecule has 3 nitrogen and oxygen atoms in total. The molecule has 0 spiro atoms. The third-order valence-electron chi connectivity index (χ3n) is 3.78. The number of halogens is 2. The predicted molar refractivity (Wildman–Crippen MR) is 81.4 cm³/mol. The fourth-order valence-electron chi connectivity index (χ4n) is 2.68. The van der Waals surface area contributed by atoms with E-state index >= 15 is 0 Å². The molecule has 2 rings (SSSR count). The van der Waals surface area contributed by atoms with Crippen molar-refractivity contribution in [3.8, 4) is 0 Å². The van der Waals surface area contributed by atoms with Gasteiger partial charge in [0.25, 0.3) is 5.91 Å². The molecule has 1 aliphatic heterocycles. The lowest BCUT2D eigenvalue weighted by Gasteiger charge is -2.39. The first-order valence-electron chi connectivity index (χ1n) is 6.50. The number of likely N-dealkylation sites (tertiary alicyclic amines) is 1. The molecular formula is C14H18BrClN2O. The van der Waals surface area contributed by atoms with Crippen LogP contribution < -0.4 is 5.73 Å². The number of nitrogens with two attached hydrogens (primary N) is 1. The summed E-state index contributed by atoms with van der Waals surface area (Å²) in [5.74, 6) is 0.427. The summed E-state index contributed by atoms with van der Waals surface area (Å²) in [4.78, 5) is 14.5. The summed E-state index contributed by atoms with van der Waals surface area (Å²) in [6, 6.07) is 5.46. The Hall–Kier alpha value is -0.580. The highest BCUT2D eigenvalue weighted by Crippen LogP contribution is 2.27. The number of hydrogen-bond donors (Lipinski definition) is 1. The molecule has 1 amide bonds. The van der Waals surface area contributed by atoms with Crippen molar-refractivity contribution in [2.45, 2.75) is 25.8 Å². The van der Waals surface area contributed by atoms with Crippen molar-refractivity contribution < 1.29 is 4.79 Å². The number of piperidine rings is 1. The molecule has 0 aromatic heterocycles. The highest BCUT2D eigenvalue weighted by molar-refractivity contribution is 9.10. The maximum absolute atomic E-state index is 12.6. The third-order valence-corrected chi connectivity index (χ3v) is 4.59. The van der Waals surface area contributed by atoms with Crippen LogP contribution in [-0.4, -0.2) is 29.9 Å². The van der Waals surface area contributed by atoms with Crippen LogP contribution in [-0.2, 0) is 0 Å². The lowest BCUT2D eigenvalue weighted by molar-refractivity contribution is 0.0533. The number of hydrogen-bond acceptors (Lipinski definition) is 2. The van der Waals surface area contributed by atoms with Crippen molar-refractivity contribution in [1.82, 2.24) is 4.90 Å². The van der Waals surface area contributed by atoms with Crippen molar-refractivity contribution in [1.29, 1.82) is 0 Å². The molecule has 104 valence electrons. The molecule has 19 heavy (non-hydrogen) atoms. The van der Waals surface area contributed by atoms with Gasteiger partial charge in [-0.25, -0.2) is 0 Å². The average molecular weight is 346 g/mol. The number of nitrogens with zero attached hydrogens (tertiary/aromatic N) is 1. The molecule has 1 aromatic rings. The summed E-state index contributed by atoms with van der Waals surface area (Å²) in [5, 5.41) is 0.480. The van der Waals surface area contributed by atoms with Crippen LogP contribution in [0.15, 0.2) is 22.7 Å². The number of benzene rings is 1. The Morgan fingerprint density at radius 2 is 2.32 bits per heavy atom. The minimum absolute atomic E-state index is 0.0144. The van der Waals surface area contributed by atoms with E-state index in [4.69, 9.17) is 17.3 Å². The van der Waals surface area contributed by atoms with E-state index < -0.39 is 0 Å². The molecule has 2 atom stereocenters. The zero-order valence-electron chi connectivity index (χ0n) is 10.9. The van der Waals surface area contributed by atoms with E-state index in [2.05, 4.69) is 22.9 Å². The van der Waals surface area contributed by atoms with Crippen LogP contribution in [0.3, 0.4) is 0 Å². The van der Waals surface area contributed by atoms with Gasteiger partial charge in [-0.1, -0.05) is 34.5 Å². The van der Waals surface area contributed by atoms with Crippen molar-refractivity contribution in [3.63, 3.8) is 0 Å². The van der Waals surface area contributed by atoms with E-state index in [9.17, 15) is 4.79 Å². The maximum atomic E-state index is 12.6. The van der Waals surface area contributed by atoms with Gasteiger partial charge in [-0.3, -0.25) is 4.79 Å². The molecular weight excluding hydrogens is 328 g/mol. The van der Waals surface area contributed by atoms with E-state index in [1.807, 2.05) is 11.0 Å². The van der Waals surface area contributed by atoms with Gasteiger partial charge in [0, 0.05) is 23.6 Å². The van der Waals surface area contributed by atoms with Crippen molar-refractivity contribution in [2.24, 2.45) is 11.7 Å². The second-order valence-electron chi connectivity index (χ2n) is 5.05. The lowest BCUT2D eigenvalue weighted by Crippen LogP contribution is -2.51. The largest absolute Gasteiger partial charge is 0.334 e. The minimum Gasteiger partial charge on any atom is -0.334 e. The lowest BCUT2D eigenvalue weighted by atomic mass is 9.90. The molecule has 1 aromatic carbocycles. The second kappa shape index (κ2) is 6.25. The standard InChI is InChI=1S/C14H18BrClN2O/c1-9-3-2-6-18(13(9)8-17)14(19)11-5-4-10(15)7-12(11)16/h4-5,7,9,13H,2-3,6,8,17H2,1H3. The first-order valence-corrected chi connectivity index (χ1v) is 7.67. The first kappa shape index (κ1) is 14.8. The molecule has 0 bridgehead atoms. The van der Waals surface area contributed by atoms with E-state index in [1.165, 1.54) is 0 Å². The Kier molecular flexibility index (Phi) is 4.87. The van der Waals surface area contributed by atoms with Gasteiger partial charge in [0.15, 0.2) is 0 Å². The summed E-state index contributed by atoms with van der Waals surface area (Å²) < 4.78 is 0.872. The monoisotopic (exact) mass is 344 g/mol. The van der Waals surface area contributed by atoms with Crippen LogP contribution in [0.5, 0.6) is 0 Å². The highest BCUT2D eigenvalue weighted by atomic mass is 79.9. The van der Waals surface area contributed by atoms with Gasteiger partial charge < -0.3 is 10.6 Å². The molecule has 2 unspecified atom stereocenters. The topological polar surface area (TPSA) is 46.3 Å². The van der Waals surface area contributed by atoms with Crippen LogP contribution >= 0.6 is 27.5 Å². The van der Waals surface area contributed by atoms with Gasteiger partial charge in [0.2, 0.25) is 0 Å². The van der Waals surface area contributed by atoms with Gasteiger partial charge in [-0.15, -0.1) is 0 Å². The Bertz CT molecular complexity index is 481. The fraction of sp³-hybridized carbons (Fsp3) is 0.500. The average Bonchev–Trinajstić information content (AvgIpc) is 2.37. The Labute approximate surface area is 127 Å². The number of carbonyl (C=O) groups is 1. The number of carbonyl (C=O) groups excluding carboxylic acids is 1. The molecule has 1 heterocycles. The van der Waals surface area contributed by atoms with Crippen LogP contribution in [0, 0.1) is 5.92 Å². The zero-order chi connectivity index (χ0) is 14.0. The molecule has 2 N–H and O–H groups in total. The smallest absolute Gasteiger partial charge is 0.255 e. The fourth-order valence-corrected chi connectivity index (χ4v) is 3.43. The van der Waals surface area contributed by atoms with Gasteiger partial charge in [0.1, 0.15) is 0 Å². The van der Waals surface area contributed by atoms with Crippen LogP contribution in [0.25, 0.3) is 0 Å². The second-order valence-corrected chi connectivity index (χ2v) is 6.37. The first-order chi connectivity index (χ1) is 9.04. The highest BCUT2D eigenvalue weighted by Gasteiger charge is 2.31. The third kappa shape index (κ3) is 3.12. The minimum atomic E-state index is -0.0144. The normalized spacial score (nSPS) is 23.5. The molecule has 0 saturated carbocycles. The molecule has 5 heteroatoms. The summed E-state index contributed by atoms with van der Waals surface area (Å²) in [5.41, 5.74) is 6.38.